The van der Waals surface area contributed by atoms with Crippen molar-refractivity contribution in [2.24, 2.45) is 0 Å². The van der Waals surface area contributed by atoms with Gasteiger partial charge in [-0.3, -0.25) is 4.90 Å². The van der Waals surface area contributed by atoms with Gasteiger partial charge in [-0.25, -0.2) is 9.59 Å². The second-order valence-electron chi connectivity index (χ2n) is 6.90. The van der Waals surface area contributed by atoms with Crippen molar-refractivity contribution in [1.29, 1.82) is 0 Å². The summed E-state index contributed by atoms with van der Waals surface area (Å²) in [7, 11) is 0. The predicted molar refractivity (Wildman–Crippen MR) is 87.5 cm³/mol. The van der Waals surface area contributed by atoms with Gasteiger partial charge in [-0.05, 0) is 44.7 Å². The van der Waals surface area contributed by atoms with Gasteiger partial charge in [0, 0.05) is 12.5 Å². The molecule has 0 radical (unpaired) electrons. The molecule has 0 spiro atoms. The quantitative estimate of drug-likeness (QED) is 0.927. The number of hydrogen-bond acceptors (Lipinski definition) is 3. The van der Waals surface area contributed by atoms with E-state index in [0.29, 0.717) is 13.0 Å². The van der Waals surface area contributed by atoms with Crippen LogP contribution in [0.15, 0.2) is 24.3 Å². The number of benzene rings is 1. The molecule has 1 fully saturated rings. The topological polar surface area (TPSA) is 66.8 Å². The van der Waals surface area contributed by atoms with Crippen LogP contribution in [0.25, 0.3) is 0 Å². The molecule has 1 aromatic rings. The summed E-state index contributed by atoms with van der Waals surface area (Å²) in [5.74, 6) is -1.18. The Morgan fingerprint density at radius 3 is 2.52 bits per heavy atom. The van der Waals surface area contributed by atoms with Crippen LogP contribution in [0, 0.1) is 0 Å². The van der Waals surface area contributed by atoms with Gasteiger partial charge in [0.2, 0.25) is 0 Å². The summed E-state index contributed by atoms with van der Waals surface area (Å²) in [6.07, 6.45) is 0.917. The standard InChI is InChI=1S/C18H25NO4/c1-5-12-8-6-7-9-13(12)14-10-11-19(15(14)16(20)21)17(22)23-18(2,3)4/h6-9,14-15H,5,10-11H2,1-4H3,(H,20,21)/t14-,15-/m1/s1. The number of aryl methyl sites for hydroxylation is 1. The summed E-state index contributed by atoms with van der Waals surface area (Å²) in [5.41, 5.74) is 1.52. The number of likely N-dealkylation sites (tertiary alicyclic amines) is 1. The van der Waals surface area contributed by atoms with Crippen molar-refractivity contribution in [3.63, 3.8) is 0 Å². The van der Waals surface area contributed by atoms with E-state index >= 15 is 0 Å². The highest BCUT2D eigenvalue weighted by Gasteiger charge is 2.44. The van der Waals surface area contributed by atoms with Crippen LogP contribution in [0.2, 0.25) is 0 Å². The van der Waals surface area contributed by atoms with Gasteiger partial charge in [0.15, 0.2) is 0 Å². The number of ether oxygens (including phenoxy) is 1. The highest BCUT2D eigenvalue weighted by Crippen LogP contribution is 2.36. The average molecular weight is 319 g/mol. The number of carbonyl (C=O) groups is 2. The van der Waals surface area contributed by atoms with Gasteiger partial charge < -0.3 is 9.84 Å². The molecule has 2 rings (SSSR count). The molecule has 0 bridgehead atoms. The van der Waals surface area contributed by atoms with E-state index in [1.807, 2.05) is 24.3 Å². The van der Waals surface area contributed by atoms with Gasteiger partial charge in [0.25, 0.3) is 0 Å². The van der Waals surface area contributed by atoms with E-state index in [1.165, 1.54) is 4.90 Å². The van der Waals surface area contributed by atoms with Crippen LogP contribution in [-0.2, 0) is 16.0 Å². The number of nitrogens with zero attached hydrogens (tertiary/aromatic N) is 1. The smallest absolute Gasteiger partial charge is 0.411 e. The minimum atomic E-state index is -0.982. The molecule has 1 aliphatic rings. The van der Waals surface area contributed by atoms with E-state index in [0.717, 1.165) is 17.5 Å². The fourth-order valence-corrected chi connectivity index (χ4v) is 3.17. The molecule has 0 aromatic heterocycles. The maximum Gasteiger partial charge on any atom is 0.411 e. The van der Waals surface area contributed by atoms with Crippen LogP contribution >= 0.6 is 0 Å². The zero-order valence-electron chi connectivity index (χ0n) is 14.2. The van der Waals surface area contributed by atoms with Crippen LogP contribution in [0.4, 0.5) is 4.79 Å². The summed E-state index contributed by atoms with van der Waals surface area (Å²) in [6, 6.07) is 6.99. The number of rotatable bonds is 3. The van der Waals surface area contributed by atoms with E-state index in [4.69, 9.17) is 4.74 Å². The molecule has 2 atom stereocenters. The lowest BCUT2D eigenvalue weighted by Gasteiger charge is -2.28. The van der Waals surface area contributed by atoms with Crippen molar-refractivity contribution >= 4 is 12.1 Å². The molecule has 1 aromatic carbocycles. The number of aliphatic carboxylic acids is 1. The van der Waals surface area contributed by atoms with E-state index in [1.54, 1.807) is 20.8 Å². The van der Waals surface area contributed by atoms with Crippen molar-refractivity contribution in [3.05, 3.63) is 35.4 Å². The molecular weight excluding hydrogens is 294 g/mol. The van der Waals surface area contributed by atoms with Crippen molar-refractivity contribution in [1.82, 2.24) is 4.90 Å². The van der Waals surface area contributed by atoms with Crippen LogP contribution < -0.4 is 0 Å². The van der Waals surface area contributed by atoms with Crippen LogP contribution in [0.3, 0.4) is 0 Å². The molecule has 0 saturated carbocycles. The van der Waals surface area contributed by atoms with Crippen molar-refractivity contribution < 1.29 is 19.4 Å². The highest BCUT2D eigenvalue weighted by atomic mass is 16.6. The SMILES string of the molecule is CCc1ccccc1[C@H]1CCN(C(=O)OC(C)(C)C)[C@H]1C(=O)O. The fourth-order valence-electron chi connectivity index (χ4n) is 3.17. The van der Waals surface area contributed by atoms with Gasteiger partial charge >= 0.3 is 12.1 Å². The maximum atomic E-state index is 12.3. The molecule has 0 unspecified atom stereocenters. The predicted octanol–water partition coefficient (Wildman–Crippen LogP) is 3.43. The van der Waals surface area contributed by atoms with Crippen molar-refractivity contribution in [2.45, 2.75) is 58.1 Å². The second-order valence-corrected chi connectivity index (χ2v) is 6.90. The van der Waals surface area contributed by atoms with Gasteiger partial charge in [-0.1, -0.05) is 31.2 Å². The Morgan fingerprint density at radius 2 is 1.96 bits per heavy atom. The Kier molecular flexibility index (Phi) is 4.97. The van der Waals surface area contributed by atoms with Crippen molar-refractivity contribution in [3.8, 4) is 0 Å². The number of carboxylic acid groups (broad SMARTS) is 1. The Hall–Kier alpha value is -2.04. The molecule has 0 aliphatic carbocycles. The van der Waals surface area contributed by atoms with Crippen molar-refractivity contribution in [2.75, 3.05) is 6.54 Å². The fraction of sp³-hybridized carbons (Fsp3) is 0.556. The summed E-state index contributed by atoms with van der Waals surface area (Å²) in [6.45, 7) is 7.78. The Labute approximate surface area is 137 Å². The molecule has 1 aliphatic heterocycles. The largest absolute Gasteiger partial charge is 0.480 e. The first-order valence-corrected chi connectivity index (χ1v) is 8.05. The third kappa shape index (κ3) is 3.84. The highest BCUT2D eigenvalue weighted by molar-refractivity contribution is 5.82. The second kappa shape index (κ2) is 6.60. The average Bonchev–Trinajstić information content (AvgIpc) is 2.90. The zero-order valence-corrected chi connectivity index (χ0v) is 14.2. The first-order valence-electron chi connectivity index (χ1n) is 8.05. The first kappa shape index (κ1) is 17.3. The summed E-state index contributed by atoms with van der Waals surface area (Å²) < 4.78 is 5.37. The van der Waals surface area contributed by atoms with E-state index < -0.39 is 23.7 Å². The van der Waals surface area contributed by atoms with Gasteiger partial charge in [0.05, 0.1) is 0 Å². The minimum Gasteiger partial charge on any atom is -0.480 e. The van der Waals surface area contributed by atoms with Gasteiger partial charge in [0.1, 0.15) is 11.6 Å². The third-order valence-electron chi connectivity index (χ3n) is 4.11. The Bertz CT molecular complexity index is 591. The summed E-state index contributed by atoms with van der Waals surface area (Å²) in [4.78, 5) is 25.5. The molecule has 1 N–H and O–H groups in total. The number of carboxylic acids is 1. The lowest BCUT2D eigenvalue weighted by molar-refractivity contribution is -0.142. The normalized spacial score (nSPS) is 21.3. The van der Waals surface area contributed by atoms with E-state index in [-0.39, 0.29) is 5.92 Å². The van der Waals surface area contributed by atoms with E-state index in [2.05, 4.69) is 6.92 Å². The summed E-state index contributed by atoms with van der Waals surface area (Å²) in [5, 5.41) is 9.68. The number of hydrogen-bond donors (Lipinski definition) is 1. The molecule has 5 nitrogen and oxygen atoms in total. The monoisotopic (exact) mass is 319 g/mol. The Morgan fingerprint density at radius 1 is 1.30 bits per heavy atom. The van der Waals surface area contributed by atoms with Crippen LogP contribution in [0.5, 0.6) is 0 Å². The zero-order chi connectivity index (χ0) is 17.2. The molecule has 5 heteroatoms. The lowest BCUT2D eigenvalue weighted by atomic mass is 9.87. The number of amides is 1. The summed E-state index contributed by atoms with van der Waals surface area (Å²) >= 11 is 0. The van der Waals surface area contributed by atoms with Crippen LogP contribution in [-0.4, -0.2) is 40.3 Å². The molecule has 1 saturated heterocycles. The molecular formula is C18H25NO4. The molecule has 1 heterocycles. The van der Waals surface area contributed by atoms with Gasteiger partial charge in [-0.15, -0.1) is 0 Å². The minimum absolute atomic E-state index is 0.198. The third-order valence-corrected chi connectivity index (χ3v) is 4.11. The lowest BCUT2D eigenvalue weighted by Crippen LogP contribution is -2.45. The molecule has 1 amide bonds. The number of carbonyl (C=O) groups excluding carboxylic acids is 1. The Balaban J connectivity index is 2.30. The van der Waals surface area contributed by atoms with E-state index in [9.17, 15) is 14.7 Å². The first-order chi connectivity index (χ1) is 10.7. The maximum absolute atomic E-state index is 12.3. The van der Waals surface area contributed by atoms with Crippen LogP contribution in [0.1, 0.15) is 51.2 Å². The molecule has 126 valence electrons. The van der Waals surface area contributed by atoms with Gasteiger partial charge in [-0.2, -0.15) is 0 Å². The molecule has 23 heavy (non-hydrogen) atoms.